The third kappa shape index (κ3) is 2.79. The van der Waals surface area contributed by atoms with Gasteiger partial charge in [-0.05, 0) is 6.42 Å². The summed E-state index contributed by atoms with van der Waals surface area (Å²) in [6, 6.07) is 5.12. The topological polar surface area (TPSA) is 73.0 Å². The Morgan fingerprint density at radius 1 is 1.45 bits per heavy atom. The largest absolute Gasteiger partial charge is 0.382 e. The van der Waals surface area contributed by atoms with Crippen molar-refractivity contribution in [1.82, 2.24) is 9.55 Å². The highest BCUT2D eigenvalue weighted by Crippen LogP contribution is 2.28. The van der Waals surface area contributed by atoms with Crippen LogP contribution in [0.1, 0.15) is 24.7 Å². The first kappa shape index (κ1) is 14.0. The molecule has 106 valence electrons. The van der Waals surface area contributed by atoms with Gasteiger partial charge in [0.05, 0.1) is 11.5 Å². The van der Waals surface area contributed by atoms with Gasteiger partial charge in [-0.2, -0.15) is 0 Å². The van der Waals surface area contributed by atoms with Crippen LogP contribution in [-0.2, 0) is 13.0 Å². The van der Waals surface area contributed by atoms with Gasteiger partial charge in [-0.15, -0.1) is 0 Å². The molecule has 0 aliphatic rings. The molecule has 0 saturated heterocycles. The van der Waals surface area contributed by atoms with Crippen LogP contribution in [0.3, 0.4) is 0 Å². The van der Waals surface area contributed by atoms with Crippen LogP contribution < -0.4 is 5.32 Å². The number of nitro benzene ring substituents is 1. The molecule has 20 heavy (non-hydrogen) atoms. The smallest absolute Gasteiger partial charge is 0.292 e. The minimum absolute atomic E-state index is 0.0992. The lowest BCUT2D eigenvalue weighted by Crippen LogP contribution is -2.08. The van der Waals surface area contributed by atoms with E-state index in [0.29, 0.717) is 12.2 Å². The van der Waals surface area contributed by atoms with Crippen molar-refractivity contribution in [2.24, 2.45) is 0 Å². The van der Waals surface area contributed by atoms with Gasteiger partial charge in [-0.3, -0.25) is 10.1 Å². The Labute approximate surface area is 117 Å². The zero-order valence-corrected chi connectivity index (χ0v) is 11.7. The second-order valence-corrected chi connectivity index (χ2v) is 4.54. The number of nitrogens with one attached hydrogen (secondary N) is 1. The van der Waals surface area contributed by atoms with Crippen LogP contribution in [0.2, 0.25) is 0 Å². The first-order chi connectivity index (χ1) is 9.67. The molecule has 6 heteroatoms. The first-order valence-corrected chi connectivity index (χ1v) is 6.61. The Bertz CT molecular complexity index is 607. The number of rotatable bonds is 6. The highest BCUT2D eigenvalue weighted by Gasteiger charge is 2.16. The van der Waals surface area contributed by atoms with Crippen LogP contribution in [-0.4, -0.2) is 21.5 Å². The quantitative estimate of drug-likeness (QED) is 0.649. The van der Waals surface area contributed by atoms with Crippen LogP contribution in [0.4, 0.5) is 11.4 Å². The van der Waals surface area contributed by atoms with Gasteiger partial charge in [-0.1, -0.05) is 19.1 Å². The summed E-state index contributed by atoms with van der Waals surface area (Å²) >= 11 is 0. The molecule has 0 aliphatic heterocycles. The molecular formula is C14H18N4O2. The molecule has 0 amide bonds. The molecule has 0 aliphatic carbocycles. The molecule has 2 aromatic rings. The monoisotopic (exact) mass is 274 g/mol. The Morgan fingerprint density at radius 3 is 2.90 bits per heavy atom. The molecule has 0 saturated carbocycles. The molecule has 2 rings (SSSR count). The van der Waals surface area contributed by atoms with E-state index < -0.39 is 0 Å². The highest BCUT2D eigenvalue weighted by molar-refractivity contribution is 5.66. The van der Waals surface area contributed by atoms with Crippen molar-refractivity contribution in [3.63, 3.8) is 0 Å². The molecule has 0 bridgehead atoms. The Kier molecular flexibility index (Phi) is 4.34. The number of aryl methyl sites for hydroxylation is 1. The summed E-state index contributed by atoms with van der Waals surface area (Å²) < 4.78 is 2.03. The summed E-state index contributed by atoms with van der Waals surface area (Å²) in [7, 11) is 1.70. The zero-order chi connectivity index (χ0) is 14.5. The third-order valence-corrected chi connectivity index (χ3v) is 3.19. The molecule has 0 atom stereocenters. The maximum absolute atomic E-state index is 11.1. The number of hydrogen-bond donors (Lipinski definition) is 1. The maximum atomic E-state index is 11.1. The average Bonchev–Trinajstić information content (AvgIpc) is 2.86. The molecule has 1 N–H and O–H groups in total. The first-order valence-electron chi connectivity index (χ1n) is 6.61. The third-order valence-electron chi connectivity index (χ3n) is 3.19. The van der Waals surface area contributed by atoms with Crippen LogP contribution >= 0.6 is 0 Å². The van der Waals surface area contributed by atoms with E-state index >= 15 is 0 Å². The highest BCUT2D eigenvalue weighted by atomic mass is 16.6. The molecule has 0 radical (unpaired) electrons. The Balaban J connectivity index is 2.36. The normalized spacial score (nSPS) is 10.5. The van der Waals surface area contributed by atoms with Gasteiger partial charge in [0.25, 0.3) is 5.69 Å². The molecule has 1 heterocycles. The number of benzene rings is 1. The SMILES string of the molecule is CCCc1nccn1Cc1cccc([N+](=O)[O-])c1NC. The van der Waals surface area contributed by atoms with Gasteiger partial charge in [-0.25, -0.2) is 4.98 Å². The molecule has 0 spiro atoms. The summed E-state index contributed by atoms with van der Waals surface area (Å²) in [6.45, 7) is 2.68. The van der Waals surface area contributed by atoms with E-state index in [0.717, 1.165) is 24.2 Å². The molecule has 0 fully saturated rings. The maximum Gasteiger partial charge on any atom is 0.292 e. The Hall–Kier alpha value is -2.37. The second-order valence-electron chi connectivity index (χ2n) is 4.54. The van der Waals surface area contributed by atoms with Crippen molar-refractivity contribution >= 4 is 11.4 Å². The van der Waals surface area contributed by atoms with Crippen LogP contribution in [0.25, 0.3) is 0 Å². The van der Waals surface area contributed by atoms with Crippen molar-refractivity contribution in [3.8, 4) is 0 Å². The number of nitro groups is 1. The molecular weight excluding hydrogens is 256 g/mol. The predicted octanol–water partition coefficient (Wildman–Crippen LogP) is 2.83. The number of nitrogens with zero attached hydrogens (tertiary/aromatic N) is 3. The lowest BCUT2D eigenvalue weighted by Gasteiger charge is -2.12. The van der Waals surface area contributed by atoms with Crippen molar-refractivity contribution in [2.45, 2.75) is 26.3 Å². The second kappa shape index (κ2) is 6.18. The van der Waals surface area contributed by atoms with Gasteiger partial charge in [0.2, 0.25) is 0 Å². The summed E-state index contributed by atoms with van der Waals surface area (Å²) in [5.74, 6) is 1.00. The predicted molar refractivity (Wildman–Crippen MR) is 78.0 cm³/mol. The summed E-state index contributed by atoms with van der Waals surface area (Å²) in [6.07, 6.45) is 5.59. The van der Waals surface area contributed by atoms with Crippen LogP contribution in [0.5, 0.6) is 0 Å². The lowest BCUT2D eigenvalue weighted by atomic mass is 10.1. The van der Waals surface area contributed by atoms with Gasteiger partial charge in [0.15, 0.2) is 0 Å². The van der Waals surface area contributed by atoms with Crippen molar-refractivity contribution in [3.05, 3.63) is 52.1 Å². The van der Waals surface area contributed by atoms with Gasteiger partial charge < -0.3 is 9.88 Å². The van der Waals surface area contributed by atoms with Crippen LogP contribution in [0, 0.1) is 10.1 Å². The van der Waals surface area contributed by atoms with Crippen LogP contribution in [0.15, 0.2) is 30.6 Å². The fourth-order valence-corrected chi connectivity index (χ4v) is 2.28. The Morgan fingerprint density at radius 2 is 2.25 bits per heavy atom. The van der Waals surface area contributed by atoms with Crippen molar-refractivity contribution in [2.75, 3.05) is 12.4 Å². The van der Waals surface area contributed by atoms with E-state index in [9.17, 15) is 10.1 Å². The minimum Gasteiger partial charge on any atom is -0.382 e. The zero-order valence-electron chi connectivity index (χ0n) is 11.7. The lowest BCUT2D eigenvalue weighted by molar-refractivity contribution is -0.384. The van der Waals surface area contributed by atoms with E-state index in [1.54, 1.807) is 19.3 Å². The molecule has 0 unspecified atom stereocenters. The number of aromatic nitrogens is 2. The minimum atomic E-state index is -0.365. The summed E-state index contributed by atoms with van der Waals surface area (Å²) in [4.78, 5) is 15.0. The van der Waals surface area contributed by atoms with Gasteiger partial charge >= 0.3 is 0 Å². The number of anilines is 1. The van der Waals surface area contributed by atoms with E-state index in [1.165, 1.54) is 6.07 Å². The number of para-hydroxylation sites is 1. The van der Waals surface area contributed by atoms with Crippen molar-refractivity contribution < 1.29 is 4.92 Å². The summed E-state index contributed by atoms with van der Waals surface area (Å²) in [5, 5.41) is 14.0. The fourth-order valence-electron chi connectivity index (χ4n) is 2.28. The van der Waals surface area contributed by atoms with Gasteiger partial charge in [0, 0.05) is 37.5 Å². The number of imidazole rings is 1. The van der Waals surface area contributed by atoms with E-state index in [1.807, 2.05) is 16.8 Å². The summed E-state index contributed by atoms with van der Waals surface area (Å²) in [5.41, 5.74) is 1.55. The van der Waals surface area contributed by atoms with Crippen molar-refractivity contribution in [1.29, 1.82) is 0 Å². The molecule has 1 aromatic carbocycles. The molecule has 6 nitrogen and oxygen atoms in total. The average molecular weight is 274 g/mol. The van der Waals surface area contributed by atoms with E-state index in [4.69, 9.17) is 0 Å². The van der Waals surface area contributed by atoms with E-state index in [2.05, 4.69) is 17.2 Å². The standard InChI is InChI=1S/C14H18N4O2/c1-3-5-13-16-8-9-17(13)10-11-6-4-7-12(18(19)20)14(11)15-2/h4,6-9,15H,3,5,10H2,1-2H3. The molecule has 1 aromatic heterocycles. The van der Waals surface area contributed by atoms with E-state index in [-0.39, 0.29) is 10.6 Å². The number of hydrogen-bond acceptors (Lipinski definition) is 4. The fraction of sp³-hybridized carbons (Fsp3) is 0.357. The van der Waals surface area contributed by atoms with Gasteiger partial charge in [0.1, 0.15) is 11.5 Å².